The minimum absolute atomic E-state index is 0.330. The van der Waals surface area contributed by atoms with Crippen molar-refractivity contribution in [2.75, 3.05) is 19.6 Å². The zero-order chi connectivity index (χ0) is 14.4. The summed E-state index contributed by atoms with van der Waals surface area (Å²) in [7, 11) is 3.19. The van der Waals surface area contributed by atoms with Crippen LogP contribution in [-0.4, -0.2) is 30.6 Å². The Morgan fingerprint density at radius 2 is 2.00 bits per heavy atom. The highest BCUT2D eigenvalue weighted by molar-refractivity contribution is 6.29. The molecule has 0 fully saturated rings. The summed E-state index contributed by atoms with van der Waals surface area (Å²) in [5, 5.41) is 11.9. The lowest BCUT2D eigenvalue weighted by molar-refractivity contribution is 0.394. The number of methoxy groups -OCH3 is 2. The molecule has 0 aliphatic carbocycles. The van der Waals surface area contributed by atoms with E-state index in [9.17, 15) is 0 Å². The van der Waals surface area contributed by atoms with Crippen molar-refractivity contribution in [3.05, 3.63) is 41.0 Å². The summed E-state index contributed by atoms with van der Waals surface area (Å²) in [6, 6.07) is 8.75. The van der Waals surface area contributed by atoms with Crippen LogP contribution in [0.1, 0.15) is 5.56 Å². The lowest BCUT2D eigenvalue weighted by atomic mass is 10.2. The lowest BCUT2D eigenvalue weighted by Crippen LogP contribution is -1.97. The normalized spacial score (nSPS) is 10.6. The highest BCUT2D eigenvalue weighted by Crippen LogP contribution is 2.23. The third kappa shape index (κ3) is 3.58. The number of anilines is 1. The highest BCUT2D eigenvalue weighted by Gasteiger charge is 2.02. The number of hydrogen-bond donors (Lipinski definition) is 1. The summed E-state index contributed by atoms with van der Waals surface area (Å²) >= 11 is 5.64. The van der Waals surface area contributed by atoms with Gasteiger partial charge in [0, 0.05) is 11.6 Å². The molecule has 1 aromatic heterocycles. The lowest BCUT2D eigenvalue weighted by Gasteiger charge is -2.06. The molecule has 0 saturated carbocycles. The molecule has 1 aromatic carbocycles. The fourth-order valence-corrected chi connectivity index (χ4v) is 1.57. The molecule has 0 radical (unpaired) electrons. The molecule has 0 unspecified atom stereocenters. The van der Waals surface area contributed by atoms with Crippen molar-refractivity contribution >= 4 is 23.6 Å². The smallest absolute Gasteiger partial charge is 0.168 e. The van der Waals surface area contributed by atoms with Crippen LogP contribution in [0, 0.1) is 0 Å². The van der Waals surface area contributed by atoms with E-state index in [4.69, 9.17) is 21.1 Å². The monoisotopic (exact) mass is 292 g/mol. The molecule has 2 aromatic rings. The molecule has 7 heteroatoms. The number of hydrogen-bond acceptors (Lipinski definition) is 6. The quantitative estimate of drug-likeness (QED) is 0.677. The predicted molar refractivity (Wildman–Crippen MR) is 77.8 cm³/mol. The molecule has 0 bridgehead atoms. The molecule has 20 heavy (non-hydrogen) atoms. The van der Waals surface area contributed by atoms with Crippen LogP contribution >= 0.6 is 11.6 Å². The van der Waals surface area contributed by atoms with Crippen LogP contribution < -0.4 is 14.9 Å². The number of benzene rings is 1. The van der Waals surface area contributed by atoms with Crippen LogP contribution in [0.5, 0.6) is 11.5 Å². The fraction of sp³-hybridized carbons (Fsp3) is 0.154. The van der Waals surface area contributed by atoms with Crippen LogP contribution in [-0.2, 0) is 0 Å². The Labute approximate surface area is 121 Å². The zero-order valence-corrected chi connectivity index (χ0v) is 11.8. The predicted octanol–water partition coefficient (Wildman–Crippen LogP) is 2.59. The van der Waals surface area contributed by atoms with Gasteiger partial charge in [-0.2, -0.15) is 5.10 Å². The Morgan fingerprint density at radius 3 is 2.65 bits per heavy atom. The molecule has 0 amide bonds. The Bertz CT molecular complexity index is 602. The Kier molecular flexibility index (Phi) is 4.73. The zero-order valence-electron chi connectivity index (χ0n) is 11.0. The van der Waals surface area contributed by atoms with Crippen molar-refractivity contribution in [1.82, 2.24) is 10.2 Å². The van der Waals surface area contributed by atoms with Gasteiger partial charge >= 0.3 is 0 Å². The average Bonchev–Trinajstić information content (AvgIpc) is 2.49. The van der Waals surface area contributed by atoms with E-state index in [2.05, 4.69) is 20.7 Å². The van der Waals surface area contributed by atoms with Gasteiger partial charge in [-0.05, 0) is 24.3 Å². The number of halogens is 1. The fourth-order valence-electron chi connectivity index (χ4n) is 1.47. The van der Waals surface area contributed by atoms with Gasteiger partial charge in [0.15, 0.2) is 11.0 Å². The van der Waals surface area contributed by atoms with Crippen LogP contribution in [0.15, 0.2) is 35.4 Å². The summed E-state index contributed by atoms with van der Waals surface area (Å²) in [6.45, 7) is 0. The van der Waals surface area contributed by atoms with Crippen LogP contribution in [0.2, 0.25) is 5.15 Å². The van der Waals surface area contributed by atoms with E-state index in [1.807, 2.05) is 12.1 Å². The van der Waals surface area contributed by atoms with Gasteiger partial charge < -0.3 is 9.47 Å². The topological polar surface area (TPSA) is 68.6 Å². The number of hydrazone groups is 1. The van der Waals surface area contributed by atoms with E-state index < -0.39 is 0 Å². The molecule has 0 atom stereocenters. The second-order valence-corrected chi connectivity index (χ2v) is 4.11. The molecule has 0 spiro atoms. The largest absolute Gasteiger partial charge is 0.497 e. The van der Waals surface area contributed by atoms with Gasteiger partial charge in [-0.1, -0.05) is 11.6 Å². The van der Waals surface area contributed by atoms with Gasteiger partial charge in [0.1, 0.15) is 11.5 Å². The first-order chi connectivity index (χ1) is 9.72. The summed E-state index contributed by atoms with van der Waals surface area (Å²) in [5.74, 6) is 1.88. The van der Waals surface area contributed by atoms with Crippen LogP contribution in [0.4, 0.5) is 5.82 Å². The van der Waals surface area contributed by atoms with E-state index >= 15 is 0 Å². The Morgan fingerprint density at radius 1 is 1.15 bits per heavy atom. The minimum Gasteiger partial charge on any atom is -0.497 e. The Hall–Kier alpha value is -2.34. The first kappa shape index (κ1) is 14.1. The Balaban J connectivity index is 2.09. The number of ether oxygens (including phenoxy) is 2. The maximum atomic E-state index is 5.64. The summed E-state index contributed by atoms with van der Waals surface area (Å²) < 4.78 is 10.4. The molecule has 6 nitrogen and oxygen atoms in total. The first-order valence-electron chi connectivity index (χ1n) is 5.73. The molecule has 0 saturated heterocycles. The third-order valence-corrected chi connectivity index (χ3v) is 2.66. The molecule has 104 valence electrons. The molecular formula is C13H13ClN4O2. The molecule has 1 heterocycles. The van der Waals surface area contributed by atoms with Gasteiger partial charge in [-0.15, -0.1) is 10.2 Å². The van der Waals surface area contributed by atoms with Crippen molar-refractivity contribution in [1.29, 1.82) is 0 Å². The summed E-state index contributed by atoms with van der Waals surface area (Å²) in [5.41, 5.74) is 3.56. The average molecular weight is 293 g/mol. The molecule has 0 aliphatic rings. The summed E-state index contributed by atoms with van der Waals surface area (Å²) in [6.07, 6.45) is 1.62. The van der Waals surface area contributed by atoms with Gasteiger partial charge in [-0.25, -0.2) is 0 Å². The second-order valence-electron chi connectivity index (χ2n) is 3.72. The second kappa shape index (κ2) is 6.72. The van der Waals surface area contributed by atoms with E-state index in [0.29, 0.717) is 16.7 Å². The van der Waals surface area contributed by atoms with Crippen molar-refractivity contribution in [3.63, 3.8) is 0 Å². The van der Waals surface area contributed by atoms with Crippen LogP contribution in [0.25, 0.3) is 0 Å². The van der Waals surface area contributed by atoms with Crippen molar-refractivity contribution in [3.8, 4) is 11.5 Å². The third-order valence-electron chi connectivity index (χ3n) is 2.46. The standard InChI is InChI=1S/C13H13ClN4O2/c1-19-10-4-3-9(11(7-10)20-2)8-15-17-13-6-5-12(14)16-18-13/h3-8H,1-2H3,(H,17,18)/b15-8+. The van der Waals surface area contributed by atoms with E-state index in [0.717, 1.165) is 11.3 Å². The first-order valence-corrected chi connectivity index (χ1v) is 6.11. The molecule has 2 rings (SSSR count). The summed E-state index contributed by atoms with van der Waals surface area (Å²) in [4.78, 5) is 0. The van der Waals surface area contributed by atoms with Crippen LogP contribution in [0.3, 0.4) is 0 Å². The van der Waals surface area contributed by atoms with E-state index in [-0.39, 0.29) is 0 Å². The van der Waals surface area contributed by atoms with Gasteiger partial charge in [0.05, 0.1) is 20.4 Å². The van der Waals surface area contributed by atoms with Gasteiger partial charge in [-0.3, -0.25) is 5.43 Å². The van der Waals surface area contributed by atoms with E-state index in [1.54, 1.807) is 38.6 Å². The van der Waals surface area contributed by atoms with Gasteiger partial charge in [0.2, 0.25) is 0 Å². The number of nitrogens with zero attached hydrogens (tertiary/aromatic N) is 3. The maximum absolute atomic E-state index is 5.64. The maximum Gasteiger partial charge on any atom is 0.168 e. The minimum atomic E-state index is 0.330. The van der Waals surface area contributed by atoms with Crippen molar-refractivity contribution in [2.24, 2.45) is 5.10 Å². The number of aromatic nitrogens is 2. The van der Waals surface area contributed by atoms with E-state index in [1.165, 1.54) is 0 Å². The SMILES string of the molecule is COc1ccc(/C=N/Nc2ccc(Cl)nn2)c(OC)c1. The highest BCUT2D eigenvalue weighted by atomic mass is 35.5. The molecular weight excluding hydrogens is 280 g/mol. The number of nitrogens with one attached hydrogen (secondary N) is 1. The van der Waals surface area contributed by atoms with Crippen molar-refractivity contribution < 1.29 is 9.47 Å². The molecule has 1 N–H and O–H groups in total. The van der Waals surface area contributed by atoms with Gasteiger partial charge in [0.25, 0.3) is 0 Å². The number of rotatable bonds is 5. The molecule has 0 aliphatic heterocycles. The van der Waals surface area contributed by atoms with Crippen molar-refractivity contribution in [2.45, 2.75) is 0 Å².